The third kappa shape index (κ3) is 4.80. The zero-order valence-corrected chi connectivity index (χ0v) is 11.3. The maximum atomic E-state index is 8.97. The summed E-state index contributed by atoms with van der Waals surface area (Å²) in [5.74, 6) is -0.0669. The summed E-state index contributed by atoms with van der Waals surface area (Å²) < 4.78 is 5.74. The Bertz CT molecular complexity index is 355. The number of morpholine rings is 1. The quantitative estimate of drug-likeness (QED) is 0.737. The average molecular weight is 262 g/mol. The Hall–Kier alpha value is -1.14. The largest absolute Gasteiger partial charge is 0.374 e. The molecule has 5 heteroatoms. The molecule has 1 N–H and O–H groups in total. The van der Waals surface area contributed by atoms with E-state index in [2.05, 4.69) is 22.4 Å². The molecule has 0 bridgehead atoms. The molecule has 104 valence electrons. The number of hydrogen-bond acceptors (Lipinski definition) is 5. The molecule has 0 radical (unpaired) electrons. The van der Waals surface area contributed by atoms with Gasteiger partial charge in [-0.15, -0.1) is 0 Å². The number of nitrogens with zero attached hydrogens (tertiary/aromatic N) is 3. The summed E-state index contributed by atoms with van der Waals surface area (Å²) in [6.07, 6.45) is 4.02. The van der Waals surface area contributed by atoms with Crippen molar-refractivity contribution in [1.29, 1.82) is 10.5 Å². The summed E-state index contributed by atoms with van der Waals surface area (Å²) in [6.45, 7) is 4.34. The molecule has 1 saturated heterocycles. The van der Waals surface area contributed by atoms with Crippen molar-refractivity contribution < 1.29 is 4.74 Å². The summed E-state index contributed by atoms with van der Waals surface area (Å²) >= 11 is 0. The van der Waals surface area contributed by atoms with Crippen molar-refractivity contribution in [2.75, 3.05) is 32.8 Å². The molecule has 0 unspecified atom stereocenters. The second-order valence-electron chi connectivity index (χ2n) is 5.40. The van der Waals surface area contributed by atoms with Gasteiger partial charge in [0.2, 0.25) is 0 Å². The Kier molecular flexibility index (Phi) is 5.60. The van der Waals surface area contributed by atoms with Gasteiger partial charge in [-0.25, -0.2) is 0 Å². The molecule has 0 amide bonds. The minimum atomic E-state index is -0.0669. The van der Waals surface area contributed by atoms with E-state index in [0.717, 1.165) is 32.3 Å². The fraction of sp³-hybridized carbons (Fsp3) is 0.857. The van der Waals surface area contributed by atoms with Gasteiger partial charge in [0.25, 0.3) is 0 Å². The fourth-order valence-corrected chi connectivity index (χ4v) is 2.51. The van der Waals surface area contributed by atoms with E-state index in [4.69, 9.17) is 15.3 Å². The molecule has 1 aliphatic heterocycles. The molecular weight excluding hydrogens is 240 g/mol. The van der Waals surface area contributed by atoms with Crippen LogP contribution in [0, 0.1) is 28.6 Å². The number of nitrogens with one attached hydrogen (secondary N) is 1. The molecule has 2 aliphatic rings. The lowest BCUT2D eigenvalue weighted by atomic mass is 10.1. The van der Waals surface area contributed by atoms with Gasteiger partial charge in [-0.05, 0) is 19.3 Å². The van der Waals surface area contributed by atoms with Crippen LogP contribution in [0.3, 0.4) is 0 Å². The Balaban J connectivity index is 1.61. The first-order valence-corrected chi connectivity index (χ1v) is 7.16. The first-order valence-electron chi connectivity index (χ1n) is 7.16. The fourth-order valence-electron chi connectivity index (χ4n) is 2.51. The van der Waals surface area contributed by atoms with Gasteiger partial charge in [-0.1, -0.05) is 0 Å². The van der Waals surface area contributed by atoms with E-state index in [9.17, 15) is 0 Å². The van der Waals surface area contributed by atoms with Crippen LogP contribution in [0.4, 0.5) is 0 Å². The van der Waals surface area contributed by atoms with E-state index < -0.39 is 0 Å². The van der Waals surface area contributed by atoms with Crippen LogP contribution in [0.5, 0.6) is 0 Å². The normalized spacial score (nSPS) is 25.5. The van der Waals surface area contributed by atoms with Crippen LogP contribution in [0.25, 0.3) is 0 Å². The van der Waals surface area contributed by atoms with Gasteiger partial charge in [-0.3, -0.25) is 4.90 Å². The standard InChI is InChI=1S/C14H22N4O/c15-5-1-2-12(8-16)9-17-10-14-11-18(6-7-19-14)13-3-4-13/h12-14,17H,1-4,6-7,9-11H2/t12-,14-/m1/s1. The van der Waals surface area contributed by atoms with Crippen LogP contribution in [0.2, 0.25) is 0 Å². The Morgan fingerprint density at radius 1 is 1.37 bits per heavy atom. The van der Waals surface area contributed by atoms with Crippen LogP contribution in [0.1, 0.15) is 25.7 Å². The highest BCUT2D eigenvalue weighted by molar-refractivity contribution is 4.89. The van der Waals surface area contributed by atoms with Gasteiger partial charge in [0, 0.05) is 38.6 Å². The van der Waals surface area contributed by atoms with Crippen LogP contribution in [-0.2, 0) is 4.74 Å². The summed E-state index contributed by atoms with van der Waals surface area (Å²) in [5, 5.41) is 20.8. The third-order valence-corrected chi connectivity index (χ3v) is 3.78. The van der Waals surface area contributed by atoms with Crippen molar-refractivity contribution in [2.24, 2.45) is 5.92 Å². The smallest absolute Gasteiger partial charge is 0.0826 e. The summed E-state index contributed by atoms with van der Waals surface area (Å²) in [5.41, 5.74) is 0. The predicted octanol–water partition coefficient (Wildman–Crippen LogP) is 0.883. The van der Waals surface area contributed by atoms with E-state index in [1.165, 1.54) is 12.8 Å². The minimum Gasteiger partial charge on any atom is -0.374 e. The summed E-state index contributed by atoms with van der Waals surface area (Å²) in [7, 11) is 0. The van der Waals surface area contributed by atoms with E-state index >= 15 is 0 Å². The second kappa shape index (κ2) is 7.45. The lowest BCUT2D eigenvalue weighted by Crippen LogP contribution is -2.47. The van der Waals surface area contributed by atoms with Crippen LogP contribution in [0.15, 0.2) is 0 Å². The van der Waals surface area contributed by atoms with Crippen molar-refractivity contribution in [3.63, 3.8) is 0 Å². The molecule has 2 atom stereocenters. The van der Waals surface area contributed by atoms with Crippen LogP contribution >= 0.6 is 0 Å². The Labute approximate surface area is 115 Å². The van der Waals surface area contributed by atoms with E-state index in [1.54, 1.807) is 0 Å². The van der Waals surface area contributed by atoms with Gasteiger partial charge in [0.05, 0.1) is 30.8 Å². The topological polar surface area (TPSA) is 72.1 Å². The lowest BCUT2D eigenvalue weighted by Gasteiger charge is -2.33. The molecule has 0 aromatic carbocycles. The number of hydrogen-bond donors (Lipinski definition) is 1. The molecule has 0 spiro atoms. The molecule has 0 aromatic rings. The first kappa shape index (κ1) is 14.3. The molecular formula is C14H22N4O. The van der Waals surface area contributed by atoms with Crippen molar-refractivity contribution in [3.05, 3.63) is 0 Å². The predicted molar refractivity (Wildman–Crippen MR) is 71.2 cm³/mol. The summed E-state index contributed by atoms with van der Waals surface area (Å²) in [4.78, 5) is 2.52. The zero-order chi connectivity index (χ0) is 13.5. The van der Waals surface area contributed by atoms with Gasteiger partial charge < -0.3 is 10.1 Å². The number of nitriles is 2. The maximum Gasteiger partial charge on any atom is 0.0826 e. The Morgan fingerprint density at radius 3 is 2.89 bits per heavy atom. The second-order valence-corrected chi connectivity index (χ2v) is 5.40. The van der Waals surface area contributed by atoms with Gasteiger partial charge in [0.15, 0.2) is 0 Å². The van der Waals surface area contributed by atoms with Gasteiger partial charge in [0.1, 0.15) is 0 Å². The molecule has 1 aliphatic carbocycles. The van der Waals surface area contributed by atoms with Gasteiger partial charge >= 0.3 is 0 Å². The molecule has 2 rings (SSSR count). The molecule has 0 aromatic heterocycles. The van der Waals surface area contributed by atoms with Crippen molar-refractivity contribution in [3.8, 4) is 12.1 Å². The van der Waals surface area contributed by atoms with Crippen LogP contribution < -0.4 is 5.32 Å². The highest BCUT2D eigenvalue weighted by Crippen LogP contribution is 2.28. The van der Waals surface area contributed by atoms with E-state index in [0.29, 0.717) is 19.4 Å². The van der Waals surface area contributed by atoms with Crippen LogP contribution in [-0.4, -0.2) is 49.8 Å². The Morgan fingerprint density at radius 2 is 2.21 bits per heavy atom. The van der Waals surface area contributed by atoms with Crippen molar-refractivity contribution in [2.45, 2.75) is 37.8 Å². The van der Waals surface area contributed by atoms with Gasteiger partial charge in [-0.2, -0.15) is 10.5 Å². The maximum absolute atomic E-state index is 8.97. The highest BCUT2D eigenvalue weighted by Gasteiger charge is 2.32. The number of ether oxygens (including phenoxy) is 1. The molecule has 19 heavy (non-hydrogen) atoms. The first-order chi connectivity index (χ1) is 9.33. The van der Waals surface area contributed by atoms with E-state index in [-0.39, 0.29) is 12.0 Å². The molecule has 1 saturated carbocycles. The molecule has 1 heterocycles. The minimum absolute atomic E-state index is 0.0669. The van der Waals surface area contributed by atoms with Crippen molar-refractivity contribution in [1.82, 2.24) is 10.2 Å². The highest BCUT2D eigenvalue weighted by atomic mass is 16.5. The third-order valence-electron chi connectivity index (χ3n) is 3.78. The monoisotopic (exact) mass is 262 g/mol. The molecule has 2 fully saturated rings. The molecule has 5 nitrogen and oxygen atoms in total. The van der Waals surface area contributed by atoms with E-state index in [1.807, 2.05) is 0 Å². The zero-order valence-electron chi connectivity index (χ0n) is 11.3. The van der Waals surface area contributed by atoms with Crippen molar-refractivity contribution >= 4 is 0 Å². The summed E-state index contributed by atoms with van der Waals surface area (Å²) in [6, 6.07) is 5.13. The lowest BCUT2D eigenvalue weighted by molar-refractivity contribution is -0.0301. The SMILES string of the molecule is N#CCC[C@H](C#N)CNC[C@@H]1CN(C2CC2)CCO1. The average Bonchev–Trinajstić information content (AvgIpc) is 3.27. The number of rotatable bonds is 7.